The van der Waals surface area contributed by atoms with Crippen LogP contribution >= 0.6 is 11.3 Å². The third kappa shape index (κ3) is 5.93. The number of hydrogen-bond acceptors (Lipinski definition) is 7. The first kappa shape index (κ1) is 20.6. The molecule has 0 aliphatic carbocycles. The summed E-state index contributed by atoms with van der Waals surface area (Å²) < 4.78 is 24.4. The van der Waals surface area contributed by atoms with Crippen LogP contribution in [0.4, 0.5) is 10.8 Å². The highest BCUT2D eigenvalue weighted by atomic mass is 32.2. The van der Waals surface area contributed by atoms with E-state index >= 15 is 0 Å². The molecule has 0 fully saturated rings. The largest absolute Gasteiger partial charge is 0.302 e. The molecule has 0 saturated heterocycles. The molecule has 10 heteroatoms. The van der Waals surface area contributed by atoms with Gasteiger partial charge in [0.2, 0.25) is 5.91 Å². The van der Waals surface area contributed by atoms with E-state index < -0.39 is 20.7 Å². The van der Waals surface area contributed by atoms with Gasteiger partial charge >= 0.3 is 0 Å². The standard InChI is InChI=1S/C19H17N3O5S2/c23-18(9-10-29(26,27)13-14-5-2-1-3-6-14)21-19-20-17(12-28-19)15-7-4-8-16(11-15)22(24)25/h1-8,11-12H,9-10,13H2,(H,20,21,23). The normalized spacial score (nSPS) is 11.2. The highest BCUT2D eigenvalue weighted by Crippen LogP contribution is 2.27. The van der Waals surface area contributed by atoms with E-state index in [1.807, 2.05) is 0 Å². The average Bonchev–Trinajstić information content (AvgIpc) is 3.15. The summed E-state index contributed by atoms with van der Waals surface area (Å²) in [6, 6.07) is 14.8. The number of carbonyl (C=O) groups is 1. The van der Waals surface area contributed by atoms with Crippen LogP contribution in [0.1, 0.15) is 12.0 Å². The van der Waals surface area contributed by atoms with Gasteiger partial charge in [-0.3, -0.25) is 14.9 Å². The Bertz CT molecular complexity index is 1130. The van der Waals surface area contributed by atoms with Gasteiger partial charge in [-0.25, -0.2) is 13.4 Å². The Balaban J connectivity index is 1.58. The van der Waals surface area contributed by atoms with Crippen LogP contribution in [0, 0.1) is 10.1 Å². The van der Waals surface area contributed by atoms with Gasteiger partial charge in [-0.05, 0) is 5.56 Å². The lowest BCUT2D eigenvalue weighted by Gasteiger charge is -2.05. The highest BCUT2D eigenvalue weighted by Gasteiger charge is 2.16. The zero-order valence-electron chi connectivity index (χ0n) is 15.1. The summed E-state index contributed by atoms with van der Waals surface area (Å²) in [5.74, 6) is -0.840. The monoisotopic (exact) mass is 431 g/mol. The molecule has 8 nitrogen and oxygen atoms in total. The molecular formula is C19H17N3O5S2. The van der Waals surface area contributed by atoms with Gasteiger partial charge in [-0.15, -0.1) is 11.3 Å². The molecule has 1 N–H and O–H groups in total. The molecule has 0 bridgehead atoms. The Kier molecular flexibility index (Phi) is 6.35. The molecule has 0 saturated carbocycles. The Morgan fingerprint density at radius 3 is 2.62 bits per heavy atom. The predicted octanol–water partition coefficient (Wildman–Crippen LogP) is 3.66. The lowest BCUT2D eigenvalue weighted by Crippen LogP contribution is -2.18. The maximum atomic E-state index is 12.2. The number of sulfone groups is 1. The fourth-order valence-corrected chi connectivity index (χ4v) is 4.65. The number of nitrogens with one attached hydrogen (secondary N) is 1. The number of thiazole rings is 1. The number of carbonyl (C=O) groups excluding carboxylic acids is 1. The predicted molar refractivity (Wildman–Crippen MR) is 111 cm³/mol. The second-order valence-corrected chi connectivity index (χ2v) is 9.26. The number of rotatable bonds is 8. The lowest BCUT2D eigenvalue weighted by molar-refractivity contribution is -0.384. The van der Waals surface area contributed by atoms with E-state index in [-0.39, 0.29) is 23.6 Å². The third-order valence-corrected chi connectivity index (χ3v) is 6.33. The van der Waals surface area contributed by atoms with Gasteiger partial charge in [0, 0.05) is 29.5 Å². The van der Waals surface area contributed by atoms with Crippen molar-refractivity contribution < 1.29 is 18.1 Å². The Labute approximate surface area is 171 Å². The first-order valence-electron chi connectivity index (χ1n) is 8.57. The first-order valence-corrected chi connectivity index (χ1v) is 11.3. The Morgan fingerprint density at radius 2 is 1.90 bits per heavy atom. The smallest absolute Gasteiger partial charge is 0.270 e. The number of amides is 1. The highest BCUT2D eigenvalue weighted by molar-refractivity contribution is 7.90. The van der Waals surface area contributed by atoms with E-state index in [1.165, 1.54) is 12.1 Å². The maximum absolute atomic E-state index is 12.2. The zero-order valence-corrected chi connectivity index (χ0v) is 16.8. The van der Waals surface area contributed by atoms with Gasteiger partial charge in [0.15, 0.2) is 15.0 Å². The minimum atomic E-state index is -3.41. The van der Waals surface area contributed by atoms with Crippen LogP contribution in [0.3, 0.4) is 0 Å². The molecule has 1 aromatic heterocycles. The van der Waals surface area contributed by atoms with Crippen molar-refractivity contribution in [1.82, 2.24) is 4.98 Å². The van der Waals surface area contributed by atoms with E-state index in [9.17, 15) is 23.3 Å². The van der Waals surface area contributed by atoms with E-state index in [2.05, 4.69) is 10.3 Å². The second kappa shape index (κ2) is 8.93. The minimum absolute atomic E-state index is 0.0512. The van der Waals surface area contributed by atoms with Crippen LogP contribution in [0.25, 0.3) is 11.3 Å². The molecule has 0 aliphatic rings. The molecule has 3 rings (SSSR count). The van der Waals surface area contributed by atoms with E-state index in [4.69, 9.17) is 0 Å². The number of aromatic nitrogens is 1. The number of nitrogens with zero attached hydrogens (tertiary/aromatic N) is 2. The van der Waals surface area contributed by atoms with Crippen molar-refractivity contribution in [2.24, 2.45) is 0 Å². The number of nitro benzene ring substituents is 1. The van der Waals surface area contributed by atoms with Crippen molar-refractivity contribution in [2.45, 2.75) is 12.2 Å². The van der Waals surface area contributed by atoms with Gasteiger partial charge < -0.3 is 5.32 Å². The van der Waals surface area contributed by atoms with Gasteiger partial charge in [-0.1, -0.05) is 42.5 Å². The van der Waals surface area contributed by atoms with Gasteiger partial charge in [0.25, 0.3) is 5.69 Å². The molecule has 1 heterocycles. The Morgan fingerprint density at radius 1 is 1.14 bits per heavy atom. The minimum Gasteiger partial charge on any atom is -0.302 e. The van der Waals surface area contributed by atoms with Crippen molar-refractivity contribution in [2.75, 3.05) is 11.1 Å². The fraction of sp³-hybridized carbons (Fsp3) is 0.158. The maximum Gasteiger partial charge on any atom is 0.270 e. The van der Waals surface area contributed by atoms with Crippen LogP contribution in [-0.4, -0.2) is 30.0 Å². The summed E-state index contributed by atoms with van der Waals surface area (Å²) in [7, 11) is -3.41. The summed E-state index contributed by atoms with van der Waals surface area (Å²) in [6.07, 6.45) is -0.180. The van der Waals surface area contributed by atoms with Crippen molar-refractivity contribution in [3.63, 3.8) is 0 Å². The first-order chi connectivity index (χ1) is 13.8. The molecule has 1 amide bonds. The molecule has 0 radical (unpaired) electrons. The Hall–Kier alpha value is -3.11. The van der Waals surface area contributed by atoms with Crippen molar-refractivity contribution in [1.29, 1.82) is 0 Å². The number of nitro groups is 1. The summed E-state index contributed by atoms with van der Waals surface area (Å²) in [5, 5.41) is 15.4. The molecular weight excluding hydrogens is 414 g/mol. The lowest BCUT2D eigenvalue weighted by atomic mass is 10.1. The zero-order chi connectivity index (χ0) is 20.9. The topological polar surface area (TPSA) is 119 Å². The summed E-state index contributed by atoms with van der Waals surface area (Å²) in [4.78, 5) is 26.7. The molecule has 0 atom stereocenters. The van der Waals surface area contributed by atoms with Gasteiger partial charge in [0.05, 0.1) is 22.1 Å². The number of non-ortho nitro benzene ring substituents is 1. The molecule has 2 aromatic carbocycles. The van der Waals surface area contributed by atoms with Crippen molar-refractivity contribution in [3.8, 4) is 11.3 Å². The second-order valence-electron chi connectivity index (χ2n) is 6.22. The van der Waals surface area contributed by atoms with Crippen LogP contribution in [0.2, 0.25) is 0 Å². The SMILES string of the molecule is O=C(CCS(=O)(=O)Cc1ccccc1)Nc1nc(-c2cccc([N+](=O)[O-])c2)cs1. The van der Waals surface area contributed by atoms with E-state index in [0.29, 0.717) is 22.0 Å². The number of benzene rings is 2. The van der Waals surface area contributed by atoms with Crippen molar-refractivity contribution in [3.05, 3.63) is 75.7 Å². The van der Waals surface area contributed by atoms with Crippen molar-refractivity contribution >= 4 is 37.9 Å². The summed E-state index contributed by atoms with van der Waals surface area (Å²) in [6.45, 7) is 0. The van der Waals surface area contributed by atoms with E-state index in [0.717, 1.165) is 11.3 Å². The van der Waals surface area contributed by atoms with Gasteiger partial charge in [0.1, 0.15) is 0 Å². The molecule has 29 heavy (non-hydrogen) atoms. The van der Waals surface area contributed by atoms with Crippen LogP contribution in [-0.2, 0) is 20.4 Å². The number of anilines is 1. The van der Waals surface area contributed by atoms with Crippen LogP contribution < -0.4 is 5.32 Å². The van der Waals surface area contributed by atoms with Crippen LogP contribution in [0.5, 0.6) is 0 Å². The quantitative estimate of drug-likeness (QED) is 0.429. The summed E-state index contributed by atoms with van der Waals surface area (Å²) in [5.41, 5.74) is 1.67. The van der Waals surface area contributed by atoms with E-state index in [1.54, 1.807) is 47.8 Å². The number of hydrogen-bond donors (Lipinski definition) is 1. The summed E-state index contributed by atoms with van der Waals surface area (Å²) >= 11 is 1.16. The molecule has 3 aromatic rings. The third-order valence-electron chi connectivity index (χ3n) is 3.97. The molecule has 0 spiro atoms. The molecule has 0 aliphatic heterocycles. The average molecular weight is 431 g/mol. The fourth-order valence-electron chi connectivity index (χ4n) is 2.57. The van der Waals surface area contributed by atoms with Gasteiger partial charge in [-0.2, -0.15) is 0 Å². The molecule has 0 unspecified atom stereocenters. The van der Waals surface area contributed by atoms with Crippen LogP contribution in [0.15, 0.2) is 60.0 Å². The molecule has 150 valence electrons.